The molecular weight excluding hydrogens is 194 g/mol. The van der Waals surface area contributed by atoms with Crippen LogP contribution in [0.2, 0.25) is 0 Å². The Kier molecular flexibility index (Phi) is 3.33. The summed E-state index contributed by atoms with van der Waals surface area (Å²) in [6.45, 7) is 0. The fourth-order valence-corrected chi connectivity index (χ4v) is 0.837. The summed E-state index contributed by atoms with van der Waals surface area (Å²) in [7, 11) is 0. The third-order valence-corrected chi connectivity index (χ3v) is 1.44. The molecule has 0 spiro atoms. The molecule has 1 aromatic heterocycles. The topological polar surface area (TPSA) is 140 Å². The SMILES string of the molecule is N=C(N)c1cc(/C=N/N=C(N)N)ccn1. The van der Waals surface area contributed by atoms with E-state index in [1.807, 2.05) is 0 Å². The van der Waals surface area contributed by atoms with Crippen LogP contribution in [0.3, 0.4) is 0 Å². The van der Waals surface area contributed by atoms with Crippen molar-refractivity contribution >= 4 is 18.0 Å². The minimum absolute atomic E-state index is 0.105. The molecule has 0 aliphatic rings. The number of nitrogens with zero attached hydrogens (tertiary/aromatic N) is 3. The van der Waals surface area contributed by atoms with Crippen molar-refractivity contribution in [1.29, 1.82) is 5.41 Å². The van der Waals surface area contributed by atoms with E-state index in [2.05, 4.69) is 15.2 Å². The maximum absolute atomic E-state index is 7.18. The Morgan fingerprint density at radius 2 is 2.13 bits per heavy atom. The lowest BCUT2D eigenvalue weighted by Crippen LogP contribution is -2.21. The molecule has 0 aliphatic carbocycles. The second-order valence-corrected chi connectivity index (χ2v) is 2.66. The van der Waals surface area contributed by atoms with Gasteiger partial charge >= 0.3 is 0 Å². The Hall–Kier alpha value is -2.44. The number of guanidine groups is 1. The van der Waals surface area contributed by atoms with E-state index >= 15 is 0 Å². The van der Waals surface area contributed by atoms with Gasteiger partial charge in [-0.05, 0) is 17.7 Å². The molecule has 0 bridgehead atoms. The highest BCUT2D eigenvalue weighted by molar-refractivity contribution is 5.94. The van der Waals surface area contributed by atoms with E-state index in [0.29, 0.717) is 11.3 Å². The summed E-state index contributed by atoms with van der Waals surface area (Å²) in [6.07, 6.45) is 2.96. The van der Waals surface area contributed by atoms with Gasteiger partial charge in [0, 0.05) is 6.20 Å². The van der Waals surface area contributed by atoms with Crippen LogP contribution in [0.4, 0.5) is 0 Å². The molecule has 7 heteroatoms. The largest absolute Gasteiger partial charge is 0.382 e. The predicted molar refractivity (Wildman–Crippen MR) is 58.7 cm³/mol. The molecule has 0 fully saturated rings. The number of amidine groups is 1. The van der Waals surface area contributed by atoms with E-state index in [4.69, 9.17) is 22.6 Å². The average Bonchev–Trinajstić information content (AvgIpc) is 2.17. The van der Waals surface area contributed by atoms with Gasteiger partial charge in [0.2, 0.25) is 5.96 Å². The van der Waals surface area contributed by atoms with Crippen LogP contribution in [-0.4, -0.2) is 23.0 Å². The maximum atomic E-state index is 7.18. The lowest BCUT2D eigenvalue weighted by atomic mass is 10.2. The van der Waals surface area contributed by atoms with Gasteiger partial charge in [-0.25, -0.2) is 0 Å². The molecule has 0 saturated heterocycles. The van der Waals surface area contributed by atoms with Crippen LogP contribution in [0.25, 0.3) is 0 Å². The highest BCUT2D eigenvalue weighted by Crippen LogP contribution is 1.98. The quantitative estimate of drug-likeness (QED) is 0.284. The first-order valence-corrected chi connectivity index (χ1v) is 4.02. The summed E-state index contributed by atoms with van der Waals surface area (Å²) in [5.41, 5.74) is 16.5. The minimum Gasteiger partial charge on any atom is -0.382 e. The maximum Gasteiger partial charge on any atom is 0.211 e. The Morgan fingerprint density at radius 1 is 1.40 bits per heavy atom. The van der Waals surface area contributed by atoms with E-state index in [9.17, 15) is 0 Å². The summed E-state index contributed by atoms with van der Waals surface area (Å²) >= 11 is 0. The molecule has 7 nitrogen and oxygen atoms in total. The van der Waals surface area contributed by atoms with E-state index in [0.717, 1.165) is 0 Å². The molecule has 15 heavy (non-hydrogen) atoms. The van der Waals surface area contributed by atoms with Crippen molar-refractivity contribution in [3.8, 4) is 0 Å². The first-order valence-electron chi connectivity index (χ1n) is 4.02. The van der Waals surface area contributed by atoms with Gasteiger partial charge in [-0.3, -0.25) is 10.4 Å². The first kappa shape index (κ1) is 10.6. The number of hydrogen-bond acceptors (Lipinski definition) is 4. The van der Waals surface area contributed by atoms with Crippen LogP contribution < -0.4 is 17.2 Å². The zero-order valence-electron chi connectivity index (χ0n) is 7.88. The van der Waals surface area contributed by atoms with E-state index < -0.39 is 0 Å². The van der Waals surface area contributed by atoms with Crippen molar-refractivity contribution in [1.82, 2.24) is 4.98 Å². The molecule has 0 amide bonds. The monoisotopic (exact) mass is 205 g/mol. The van der Waals surface area contributed by atoms with Crippen molar-refractivity contribution in [3.05, 3.63) is 29.6 Å². The van der Waals surface area contributed by atoms with E-state index in [1.165, 1.54) is 12.4 Å². The summed E-state index contributed by atoms with van der Waals surface area (Å²) in [5, 5.41) is 14.2. The van der Waals surface area contributed by atoms with Gasteiger partial charge in [-0.2, -0.15) is 5.10 Å². The van der Waals surface area contributed by atoms with Crippen LogP contribution in [-0.2, 0) is 0 Å². The molecule has 1 rings (SSSR count). The van der Waals surface area contributed by atoms with Crippen molar-refractivity contribution in [2.24, 2.45) is 27.4 Å². The number of nitrogens with two attached hydrogens (primary N) is 3. The van der Waals surface area contributed by atoms with Crippen LogP contribution in [0.1, 0.15) is 11.3 Å². The third kappa shape index (κ3) is 3.43. The second kappa shape index (κ2) is 4.70. The first-order chi connectivity index (χ1) is 7.09. The molecule has 0 unspecified atom stereocenters. The average molecular weight is 205 g/mol. The van der Waals surface area contributed by atoms with E-state index in [-0.39, 0.29) is 11.8 Å². The van der Waals surface area contributed by atoms with Crippen LogP contribution in [0.15, 0.2) is 28.5 Å². The number of rotatable bonds is 3. The normalized spacial score (nSPS) is 10.1. The lowest BCUT2D eigenvalue weighted by molar-refractivity contribution is 1.21. The molecule has 0 atom stereocenters. The molecular formula is C8H11N7. The molecule has 7 N–H and O–H groups in total. The van der Waals surface area contributed by atoms with Crippen LogP contribution in [0.5, 0.6) is 0 Å². The second-order valence-electron chi connectivity index (χ2n) is 2.66. The van der Waals surface area contributed by atoms with Crippen molar-refractivity contribution in [3.63, 3.8) is 0 Å². The zero-order chi connectivity index (χ0) is 11.3. The van der Waals surface area contributed by atoms with Crippen molar-refractivity contribution < 1.29 is 0 Å². The number of hydrogen-bond donors (Lipinski definition) is 4. The number of pyridine rings is 1. The smallest absolute Gasteiger partial charge is 0.211 e. The molecule has 0 aromatic carbocycles. The summed E-state index contributed by atoms with van der Waals surface area (Å²) in [6, 6.07) is 3.30. The van der Waals surface area contributed by atoms with Gasteiger partial charge < -0.3 is 17.2 Å². The summed E-state index contributed by atoms with van der Waals surface area (Å²) in [5.74, 6) is -0.223. The van der Waals surface area contributed by atoms with Gasteiger partial charge in [0.25, 0.3) is 0 Å². The molecule has 78 valence electrons. The van der Waals surface area contributed by atoms with Crippen molar-refractivity contribution in [2.75, 3.05) is 0 Å². The Labute approximate surface area is 86.2 Å². The Morgan fingerprint density at radius 3 is 2.73 bits per heavy atom. The summed E-state index contributed by atoms with van der Waals surface area (Å²) in [4.78, 5) is 3.89. The molecule has 0 aliphatic heterocycles. The van der Waals surface area contributed by atoms with Crippen LogP contribution in [0, 0.1) is 5.41 Å². The summed E-state index contributed by atoms with van der Waals surface area (Å²) < 4.78 is 0. The molecule has 0 radical (unpaired) electrons. The van der Waals surface area contributed by atoms with Gasteiger partial charge in [0.05, 0.1) is 6.21 Å². The molecule has 1 heterocycles. The van der Waals surface area contributed by atoms with Gasteiger partial charge in [-0.15, -0.1) is 5.10 Å². The standard InChI is InChI=1S/C8H11N7/c9-7(10)6-3-5(1-2-13-6)4-14-15-8(11)12/h1-4H,(H3,9,10)(H4,11,12,15)/b14-4+. The van der Waals surface area contributed by atoms with Crippen LogP contribution >= 0.6 is 0 Å². The number of aromatic nitrogens is 1. The lowest BCUT2D eigenvalue weighted by Gasteiger charge is -1.97. The fourth-order valence-electron chi connectivity index (χ4n) is 0.837. The number of nitrogen functional groups attached to an aromatic ring is 1. The highest BCUT2D eigenvalue weighted by atomic mass is 15.3. The van der Waals surface area contributed by atoms with Gasteiger partial charge in [0.1, 0.15) is 11.5 Å². The molecule has 1 aromatic rings. The Balaban J connectivity index is 2.87. The van der Waals surface area contributed by atoms with Gasteiger partial charge in [-0.1, -0.05) is 0 Å². The van der Waals surface area contributed by atoms with Gasteiger partial charge in [0.15, 0.2) is 0 Å². The predicted octanol–water partition coefficient (Wildman–Crippen LogP) is -1.03. The molecule has 0 saturated carbocycles. The minimum atomic E-state index is -0.118. The van der Waals surface area contributed by atoms with Crippen molar-refractivity contribution in [2.45, 2.75) is 0 Å². The third-order valence-electron chi connectivity index (χ3n) is 1.44. The fraction of sp³-hybridized carbons (Fsp3) is 0. The van der Waals surface area contributed by atoms with E-state index in [1.54, 1.807) is 12.1 Å². The Bertz CT molecular complexity index is 417. The number of nitrogens with one attached hydrogen (secondary N) is 1. The highest BCUT2D eigenvalue weighted by Gasteiger charge is 1.97. The zero-order valence-corrected chi connectivity index (χ0v) is 7.88.